The maximum absolute atomic E-state index is 13.0. The zero-order chi connectivity index (χ0) is 21.1. The summed E-state index contributed by atoms with van der Waals surface area (Å²) in [6.45, 7) is 0.637. The molecule has 1 unspecified atom stereocenters. The predicted molar refractivity (Wildman–Crippen MR) is 115 cm³/mol. The minimum atomic E-state index is -0.0636. The van der Waals surface area contributed by atoms with Crippen LogP contribution in [0.2, 0.25) is 5.02 Å². The van der Waals surface area contributed by atoms with Crippen LogP contribution in [0.5, 0.6) is 17.2 Å². The fourth-order valence-corrected chi connectivity index (χ4v) is 4.14. The summed E-state index contributed by atoms with van der Waals surface area (Å²) in [6.07, 6.45) is 3.52. The zero-order valence-electron chi connectivity index (χ0n) is 16.9. The van der Waals surface area contributed by atoms with Gasteiger partial charge in [0.15, 0.2) is 18.1 Å². The summed E-state index contributed by atoms with van der Waals surface area (Å²) in [6, 6.07) is 13.0. The number of rotatable bonds is 6. The second-order valence-corrected chi connectivity index (χ2v) is 7.50. The highest BCUT2D eigenvalue weighted by atomic mass is 35.5. The largest absolute Gasteiger partial charge is 0.493 e. The number of hydrogen-bond donors (Lipinski definition) is 0. The molecule has 156 valence electrons. The van der Waals surface area contributed by atoms with Crippen molar-refractivity contribution in [1.82, 2.24) is 9.88 Å². The van der Waals surface area contributed by atoms with Gasteiger partial charge in [0, 0.05) is 18.1 Å². The van der Waals surface area contributed by atoms with Crippen molar-refractivity contribution in [3.63, 3.8) is 0 Å². The number of fused-ring (bicyclic) bond motifs is 1. The van der Waals surface area contributed by atoms with E-state index in [0.29, 0.717) is 34.3 Å². The third-order valence-electron chi connectivity index (χ3n) is 5.40. The summed E-state index contributed by atoms with van der Waals surface area (Å²) in [5, 5.41) is 1.40. The monoisotopic (exact) mass is 426 g/mol. The molecule has 1 aliphatic heterocycles. The number of aromatic nitrogens is 1. The number of methoxy groups -OCH3 is 2. The number of halogens is 1. The first-order valence-electron chi connectivity index (χ1n) is 9.80. The van der Waals surface area contributed by atoms with Gasteiger partial charge in [0.1, 0.15) is 11.3 Å². The third kappa shape index (κ3) is 3.87. The highest BCUT2D eigenvalue weighted by Gasteiger charge is 2.31. The van der Waals surface area contributed by atoms with Gasteiger partial charge in [-0.05, 0) is 54.8 Å². The van der Waals surface area contributed by atoms with Crippen molar-refractivity contribution in [1.29, 1.82) is 0 Å². The summed E-state index contributed by atoms with van der Waals surface area (Å²) in [4.78, 5) is 19.2. The summed E-state index contributed by atoms with van der Waals surface area (Å²) < 4.78 is 16.6. The fraction of sp³-hybridized carbons (Fsp3) is 0.304. The van der Waals surface area contributed by atoms with E-state index in [1.54, 1.807) is 32.5 Å². The second kappa shape index (κ2) is 8.79. The van der Waals surface area contributed by atoms with Crippen molar-refractivity contribution < 1.29 is 19.0 Å². The Bertz CT molecular complexity index is 1070. The number of carbonyl (C=O) groups excluding carboxylic acids is 1. The molecule has 1 aliphatic rings. The molecule has 4 rings (SSSR count). The Kier molecular flexibility index (Phi) is 5.95. The average Bonchev–Trinajstić information content (AvgIpc) is 3.28. The molecule has 1 amide bonds. The summed E-state index contributed by atoms with van der Waals surface area (Å²) in [5.74, 6) is 1.81. The zero-order valence-corrected chi connectivity index (χ0v) is 17.7. The minimum Gasteiger partial charge on any atom is -0.493 e. The number of nitrogens with zero attached hydrogens (tertiary/aromatic N) is 2. The van der Waals surface area contributed by atoms with Gasteiger partial charge >= 0.3 is 0 Å². The van der Waals surface area contributed by atoms with Gasteiger partial charge in [-0.3, -0.25) is 9.78 Å². The van der Waals surface area contributed by atoms with E-state index in [1.165, 1.54) is 0 Å². The molecule has 2 heterocycles. The lowest BCUT2D eigenvalue weighted by Crippen LogP contribution is -2.34. The smallest absolute Gasteiger partial charge is 0.261 e. The standard InChI is InChI=1S/C23H23ClN2O4/c1-28-19-9-7-15(13-21(19)29-2)18-6-4-12-26(18)22(27)14-30-20-10-8-17(24)16-5-3-11-25-23(16)20/h3,5,7-11,13,18H,4,6,12,14H2,1-2H3. The molecular formula is C23H23ClN2O4. The highest BCUT2D eigenvalue weighted by molar-refractivity contribution is 6.35. The minimum absolute atomic E-state index is 0.0130. The van der Waals surface area contributed by atoms with Crippen molar-refractivity contribution in [3.05, 3.63) is 59.2 Å². The van der Waals surface area contributed by atoms with E-state index in [1.807, 2.05) is 35.2 Å². The first-order valence-corrected chi connectivity index (χ1v) is 10.2. The molecule has 0 saturated carbocycles. The molecule has 6 nitrogen and oxygen atoms in total. The van der Waals surface area contributed by atoms with Gasteiger partial charge in [0.05, 0.1) is 25.3 Å². The second-order valence-electron chi connectivity index (χ2n) is 7.09. The molecule has 3 aromatic rings. The molecular weight excluding hydrogens is 404 g/mol. The summed E-state index contributed by atoms with van der Waals surface area (Å²) in [7, 11) is 3.22. The Morgan fingerprint density at radius 3 is 2.73 bits per heavy atom. The van der Waals surface area contributed by atoms with E-state index in [0.717, 1.165) is 23.8 Å². The molecule has 1 atom stereocenters. The number of benzene rings is 2. The molecule has 0 bridgehead atoms. The van der Waals surface area contributed by atoms with E-state index in [4.69, 9.17) is 25.8 Å². The Balaban J connectivity index is 1.50. The normalized spacial score (nSPS) is 16.0. The number of carbonyl (C=O) groups is 1. The van der Waals surface area contributed by atoms with Crippen molar-refractivity contribution >= 4 is 28.4 Å². The van der Waals surface area contributed by atoms with Crippen molar-refractivity contribution in [2.45, 2.75) is 18.9 Å². The number of amides is 1. The van der Waals surface area contributed by atoms with Crippen LogP contribution < -0.4 is 14.2 Å². The van der Waals surface area contributed by atoms with Crippen LogP contribution in [0.15, 0.2) is 48.7 Å². The van der Waals surface area contributed by atoms with E-state index in [9.17, 15) is 4.79 Å². The molecule has 1 saturated heterocycles. The molecule has 30 heavy (non-hydrogen) atoms. The number of ether oxygens (including phenoxy) is 3. The molecule has 0 radical (unpaired) electrons. The molecule has 1 fully saturated rings. The Morgan fingerprint density at radius 2 is 1.93 bits per heavy atom. The van der Waals surface area contributed by atoms with Gasteiger partial charge in [0.25, 0.3) is 5.91 Å². The first kappa shape index (κ1) is 20.3. The van der Waals surface area contributed by atoms with Crippen molar-refractivity contribution in [2.24, 2.45) is 0 Å². The van der Waals surface area contributed by atoms with Gasteiger partial charge in [-0.15, -0.1) is 0 Å². The predicted octanol–water partition coefficient (Wildman–Crippen LogP) is 4.65. The average molecular weight is 427 g/mol. The third-order valence-corrected chi connectivity index (χ3v) is 5.73. The van der Waals surface area contributed by atoms with Crippen LogP contribution in [0.4, 0.5) is 0 Å². The van der Waals surface area contributed by atoms with E-state index in [2.05, 4.69) is 4.98 Å². The van der Waals surface area contributed by atoms with Crippen LogP contribution in [-0.4, -0.2) is 43.2 Å². The lowest BCUT2D eigenvalue weighted by atomic mass is 10.0. The highest BCUT2D eigenvalue weighted by Crippen LogP contribution is 2.37. The van der Waals surface area contributed by atoms with Crippen LogP contribution in [0.1, 0.15) is 24.4 Å². The maximum Gasteiger partial charge on any atom is 0.261 e. The van der Waals surface area contributed by atoms with Crippen LogP contribution in [0.3, 0.4) is 0 Å². The Labute approximate surface area is 180 Å². The van der Waals surface area contributed by atoms with Gasteiger partial charge < -0.3 is 19.1 Å². The first-order chi connectivity index (χ1) is 14.6. The molecule has 2 aromatic carbocycles. The molecule has 0 spiro atoms. The van der Waals surface area contributed by atoms with Crippen LogP contribution in [-0.2, 0) is 4.79 Å². The topological polar surface area (TPSA) is 60.9 Å². The van der Waals surface area contributed by atoms with Crippen molar-refractivity contribution in [3.8, 4) is 17.2 Å². The number of pyridine rings is 1. The van der Waals surface area contributed by atoms with Gasteiger partial charge in [-0.1, -0.05) is 17.7 Å². The van der Waals surface area contributed by atoms with E-state index in [-0.39, 0.29) is 18.6 Å². The van der Waals surface area contributed by atoms with Gasteiger partial charge in [-0.25, -0.2) is 0 Å². The quantitative estimate of drug-likeness (QED) is 0.574. The molecule has 0 N–H and O–H groups in total. The summed E-state index contributed by atoms with van der Waals surface area (Å²) in [5.41, 5.74) is 1.67. The van der Waals surface area contributed by atoms with Gasteiger partial charge in [0.2, 0.25) is 0 Å². The van der Waals surface area contributed by atoms with Crippen LogP contribution in [0, 0.1) is 0 Å². The lowest BCUT2D eigenvalue weighted by molar-refractivity contribution is -0.134. The maximum atomic E-state index is 13.0. The summed E-state index contributed by atoms with van der Waals surface area (Å²) >= 11 is 6.24. The van der Waals surface area contributed by atoms with Crippen LogP contribution in [0.25, 0.3) is 10.9 Å². The number of likely N-dealkylation sites (tertiary alicyclic amines) is 1. The SMILES string of the molecule is COc1ccc(C2CCCN2C(=O)COc2ccc(Cl)c3cccnc23)cc1OC. The lowest BCUT2D eigenvalue weighted by Gasteiger charge is -2.26. The van der Waals surface area contributed by atoms with E-state index < -0.39 is 0 Å². The van der Waals surface area contributed by atoms with Crippen LogP contribution >= 0.6 is 11.6 Å². The Hall–Kier alpha value is -2.99. The molecule has 7 heteroatoms. The number of hydrogen-bond acceptors (Lipinski definition) is 5. The Morgan fingerprint density at radius 1 is 1.13 bits per heavy atom. The van der Waals surface area contributed by atoms with Crippen molar-refractivity contribution in [2.75, 3.05) is 27.4 Å². The molecule has 1 aromatic heterocycles. The fourth-order valence-electron chi connectivity index (χ4n) is 3.92. The molecule has 0 aliphatic carbocycles. The van der Waals surface area contributed by atoms with E-state index >= 15 is 0 Å². The van der Waals surface area contributed by atoms with Gasteiger partial charge in [-0.2, -0.15) is 0 Å².